The first-order valence-electron chi connectivity index (χ1n) is 7.75. The van der Waals surface area contributed by atoms with E-state index in [-0.39, 0.29) is 30.6 Å². The fourth-order valence-electron chi connectivity index (χ4n) is 2.62. The van der Waals surface area contributed by atoms with E-state index in [1.807, 2.05) is 32.9 Å². The van der Waals surface area contributed by atoms with Crippen LogP contribution in [0.25, 0.3) is 10.8 Å². The van der Waals surface area contributed by atoms with Crippen molar-refractivity contribution >= 4 is 16.7 Å². The number of benzene rings is 1. The standard InChI is InChI=1S/C17H23N3O3/c1-11(2)19(9-12(3)21)16(22)10-20-17(23)15-8-6-5-7-14(15)13(4)18-20/h5-8,11-12,21H,9-10H2,1-4H3. The Morgan fingerprint density at radius 1 is 1.26 bits per heavy atom. The molecular weight excluding hydrogens is 294 g/mol. The van der Waals surface area contributed by atoms with Crippen LogP contribution in [0.1, 0.15) is 26.5 Å². The van der Waals surface area contributed by atoms with Crippen molar-refractivity contribution in [3.8, 4) is 0 Å². The van der Waals surface area contributed by atoms with Crippen molar-refractivity contribution in [1.82, 2.24) is 14.7 Å². The van der Waals surface area contributed by atoms with Gasteiger partial charge in [-0.3, -0.25) is 9.59 Å². The van der Waals surface area contributed by atoms with Gasteiger partial charge in [0, 0.05) is 18.0 Å². The van der Waals surface area contributed by atoms with Gasteiger partial charge in [0.25, 0.3) is 5.56 Å². The number of carbonyl (C=O) groups is 1. The summed E-state index contributed by atoms with van der Waals surface area (Å²) in [6, 6.07) is 7.18. The van der Waals surface area contributed by atoms with Gasteiger partial charge in [-0.2, -0.15) is 5.10 Å². The first-order valence-corrected chi connectivity index (χ1v) is 7.75. The smallest absolute Gasteiger partial charge is 0.275 e. The Hall–Kier alpha value is -2.21. The molecule has 1 N–H and O–H groups in total. The molecule has 0 aliphatic heterocycles. The van der Waals surface area contributed by atoms with Gasteiger partial charge in [0.2, 0.25) is 5.91 Å². The molecule has 23 heavy (non-hydrogen) atoms. The fraction of sp³-hybridized carbons (Fsp3) is 0.471. The van der Waals surface area contributed by atoms with Crippen LogP contribution in [-0.2, 0) is 11.3 Å². The third kappa shape index (κ3) is 3.76. The lowest BCUT2D eigenvalue weighted by molar-refractivity contribution is -0.135. The predicted molar refractivity (Wildman–Crippen MR) is 89.3 cm³/mol. The summed E-state index contributed by atoms with van der Waals surface area (Å²) in [5.41, 5.74) is 0.430. The fourth-order valence-corrected chi connectivity index (χ4v) is 2.62. The van der Waals surface area contributed by atoms with E-state index >= 15 is 0 Å². The number of aromatic nitrogens is 2. The minimum Gasteiger partial charge on any atom is -0.392 e. The van der Waals surface area contributed by atoms with Gasteiger partial charge in [-0.05, 0) is 33.8 Å². The number of aliphatic hydroxyl groups is 1. The lowest BCUT2D eigenvalue weighted by Crippen LogP contribution is -2.44. The van der Waals surface area contributed by atoms with E-state index < -0.39 is 6.10 Å². The highest BCUT2D eigenvalue weighted by Gasteiger charge is 2.20. The number of rotatable bonds is 5. The van der Waals surface area contributed by atoms with E-state index in [1.54, 1.807) is 24.0 Å². The maximum absolute atomic E-state index is 12.5. The Kier molecular flexibility index (Phi) is 5.15. The third-order valence-corrected chi connectivity index (χ3v) is 3.74. The van der Waals surface area contributed by atoms with Crippen LogP contribution in [0.5, 0.6) is 0 Å². The molecule has 6 nitrogen and oxygen atoms in total. The first kappa shape index (κ1) is 17.1. The lowest BCUT2D eigenvalue weighted by Gasteiger charge is -2.28. The van der Waals surface area contributed by atoms with Crippen molar-refractivity contribution in [3.05, 3.63) is 40.3 Å². The average Bonchev–Trinajstić information content (AvgIpc) is 2.49. The summed E-state index contributed by atoms with van der Waals surface area (Å²) in [7, 11) is 0. The van der Waals surface area contributed by atoms with Gasteiger partial charge in [0.05, 0.1) is 17.2 Å². The second-order valence-electron chi connectivity index (χ2n) is 6.08. The van der Waals surface area contributed by atoms with E-state index in [1.165, 1.54) is 4.68 Å². The van der Waals surface area contributed by atoms with Crippen LogP contribution in [-0.4, -0.2) is 44.4 Å². The van der Waals surface area contributed by atoms with Crippen LogP contribution in [0.4, 0.5) is 0 Å². The van der Waals surface area contributed by atoms with E-state index in [0.717, 1.165) is 5.39 Å². The zero-order chi connectivity index (χ0) is 17.1. The van der Waals surface area contributed by atoms with E-state index in [2.05, 4.69) is 5.10 Å². The highest BCUT2D eigenvalue weighted by molar-refractivity contribution is 5.83. The van der Waals surface area contributed by atoms with E-state index in [4.69, 9.17) is 0 Å². The third-order valence-electron chi connectivity index (χ3n) is 3.74. The van der Waals surface area contributed by atoms with Crippen LogP contribution < -0.4 is 5.56 Å². The van der Waals surface area contributed by atoms with Crippen LogP contribution >= 0.6 is 0 Å². The molecule has 0 aliphatic rings. The molecule has 1 heterocycles. The van der Waals surface area contributed by atoms with Gasteiger partial charge in [-0.1, -0.05) is 18.2 Å². The molecule has 0 saturated carbocycles. The van der Waals surface area contributed by atoms with Crippen molar-refractivity contribution in [1.29, 1.82) is 0 Å². The van der Waals surface area contributed by atoms with Crippen molar-refractivity contribution in [3.63, 3.8) is 0 Å². The van der Waals surface area contributed by atoms with Gasteiger partial charge >= 0.3 is 0 Å². The number of hydrogen-bond donors (Lipinski definition) is 1. The zero-order valence-electron chi connectivity index (χ0n) is 14.0. The molecule has 0 radical (unpaired) electrons. The summed E-state index contributed by atoms with van der Waals surface area (Å²) >= 11 is 0. The summed E-state index contributed by atoms with van der Waals surface area (Å²) in [5.74, 6) is -0.231. The average molecular weight is 317 g/mol. The molecule has 1 aromatic heterocycles. The minimum absolute atomic E-state index is 0.0608. The normalized spacial score (nSPS) is 12.6. The van der Waals surface area contributed by atoms with Crippen LogP contribution in [0.15, 0.2) is 29.1 Å². The van der Waals surface area contributed by atoms with Gasteiger partial charge in [-0.25, -0.2) is 4.68 Å². The highest BCUT2D eigenvalue weighted by Crippen LogP contribution is 2.12. The van der Waals surface area contributed by atoms with Crippen LogP contribution in [0, 0.1) is 6.92 Å². The lowest BCUT2D eigenvalue weighted by atomic mass is 10.1. The number of aliphatic hydroxyl groups excluding tert-OH is 1. The first-order chi connectivity index (χ1) is 10.8. The molecule has 2 rings (SSSR count). The van der Waals surface area contributed by atoms with Gasteiger partial charge < -0.3 is 10.0 Å². The monoisotopic (exact) mass is 317 g/mol. The number of fused-ring (bicyclic) bond motifs is 1. The Morgan fingerprint density at radius 3 is 2.43 bits per heavy atom. The Morgan fingerprint density at radius 2 is 1.87 bits per heavy atom. The largest absolute Gasteiger partial charge is 0.392 e. The molecule has 0 bridgehead atoms. The Bertz CT molecular complexity index is 765. The zero-order valence-corrected chi connectivity index (χ0v) is 14.0. The molecule has 2 aromatic rings. The number of hydrogen-bond acceptors (Lipinski definition) is 4. The summed E-state index contributed by atoms with van der Waals surface area (Å²) in [4.78, 5) is 26.6. The maximum Gasteiger partial charge on any atom is 0.275 e. The number of amides is 1. The SMILES string of the molecule is Cc1nn(CC(=O)N(CC(C)O)C(C)C)c(=O)c2ccccc12. The molecule has 1 atom stereocenters. The molecular formula is C17H23N3O3. The molecule has 0 spiro atoms. The predicted octanol–water partition coefficient (Wildman–Crippen LogP) is 1.32. The molecule has 0 fully saturated rings. The highest BCUT2D eigenvalue weighted by atomic mass is 16.3. The number of nitrogens with zero attached hydrogens (tertiary/aromatic N) is 3. The summed E-state index contributed by atoms with van der Waals surface area (Å²) < 4.78 is 1.21. The van der Waals surface area contributed by atoms with Crippen molar-refractivity contribution in [2.24, 2.45) is 0 Å². The van der Waals surface area contributed by atoms with E-state index in [9.17, 15) is 14.7 Å². The van der Waals surface area contributed by atoms with Crippen molar-refractivity contribution < 1.29 is 9.90 Å². The summed E-state index contributed by atoms with van der Waals surface area (Å²) in [6.07, 6.45) is -0.621. The van der Waals surface area contributed by atoms with Crippen molar-refractivity contribution in [2.45, 2.75) is 46.4 Å². The van der Waals surface area contributed by atoms with Gasteiger partial charge in [0.15, 0.2) is 0 Å². The van der Waals surface area contributed by atoms with Gasteiger partial charge in [-0.15, -0.1) is 0 Å². The Labute approximate surface area is 135 Å². The molecule has 0 saturated heterocycles. The molecule has 1 aromatic carbocycles. The number of carbonyl (C=O) groups excluding carboxylic acids is 1. The van der Waals surface area contributed by atoms with Crippen LogP contribution in [0.3, 0.4) is 0 Å². The number of aryl methyl sites for hydroxylation is 1. The molecule has 6 heteroatoms. The molecule has 124 valence electrons. The summed E-state index contributed by atoms with van der Waals surface area (Å²) in [5, 5.41) is 15.2. The molecule has 1 unspecified atom stereocenters. The van der Waals surface area contributed by atoms with Gasteiger partial charge in [0.1, 0.15) is 6.54 Å². The second kappa shape index (κ2) is 6.91. The quantitative estimate of drug-likeness (QED) is 0.902. The van der Waals surface area contributed by atoms with Crippen LogP contribution in [0.2, 0.25) is 0 Å². The molecule has 1 amide bonds. The Balaban J connectivity index is 2.36. The minimum atomic E-state index is -0.621. The topological polar surface area (TPSA) is 75.4 Å². The summed E-state index contributed by atoms with van der Waals surface area (Å²) in [6.45, 7) is 7.31. The van der Waals surface area contributed by atoms with E-state index in [0.29, 0.717) is 11.1 Å². The maximum atomic E-state index is 12.5. The second-order valence-corrected chi connectivity index (χ2v) is 6.08. The van der Waals surface area contributed by atoms with Crippen molar-refractivity contribution in [2.75, 3.05) is 6.54 Å². The molecule has 0 aliphatic carbocycles.